The van der Waals surface area contributed by atoms with Gasteiger partial charge in [0.05, 0.1) is 0 Å². The Kier molecular flexibility index (Phi) is 63.6. The van der Waals surface area contributed by atoms with Crippen molar-refractivity contribution in [3.05, 3.63) is 24.3 Å². The summed E-state index contributed by atoms with van der Waals surface area (Å²) in [5.74, 6) is -0.846. The molecule has 0 amide bonds. The van der Waals surface area contributed by atoms with E-state index in [2.05, 4.69) is 45.1 Å². The molecule has 0 spiro atoms. The highest BCUT2D eigenvalue weighted by Crippen LogP contribution is 2.19. The van der Waals surface area contributed by atoms with Crippen LogP contribution in [0, 0.1) is 0 Å². The quantitative estimate of drug-likeness (QED) is 0.0261. The van der Waals surface area contributed by atoms with Crippen molar-refractivity contribution in [1.29, 1.82) is 0 Å². The molecule has 1 unspecified atom stereocenters. The molecule has 448 valence electrons. The van der Waals surface area contributed by atoms with E-state index in [-0.39, 0.29) is 31.1 Å². The van der Waals surface area contributed by atoms with Gasteiger partial charge in [-0.1, -0.05) is 340 Å². The Morgan fingerprint density at radius 3 is 0.750 bits per heavy atom. The standard InChI is InChI=1S/C70H132O6/c1-4-7-10-13-16-19-22-25-28-30-31-32-33-34-35-36-37-38-39-41-42-45-48-51-54-57-60-63-69(72)75-66-67(65-74-68(71)62-59-56-53-50-47-44-27-24-21-18-15-12-9-6-3)76-70(73)64-61-58-55-52-49-46-43-40-29-26-23-20-17-14-11-8-5-2/h17,20,26,29,67H,4-16,18-19,21-25,27-28,30-66H2,1-3H3/b20-17-,29-26-. The molecule has 76 heavy (non-hydrogen) atoms. The zero-order valence-electron chi connectivity index (χ0n) is 51.6. The van der Waals surface area contributed by atoms with Crippen LogP contribution in [-0.4, -0.2) is 37.2 Å². The van der Waals surface area contributed by atoms with Crippen LogP contribution in [0.25, 0.3) is 0 Å². The van der Waals surface area contributed by atoms with E-state index in [0.717, 1.165) is 70.6 Å². The van der Waals surface area contributed by atoms with Crippen LogP contribution in [-0.2, 0) is 28.6 Å². The van der Waals surface area contributed by atoms with E-state index in [1.165, 1.54) is 276 Å². The van der Waals surface area contributed by atoms with Gasteiger partial charge in [0.2, 0.25) is 0 Å². The average Bonchev–Trinajstić information content (AvgIpc) is 3.42. The molecular weight excluding hydrogens is 937 g/mol. The molecule has 0 aliphatic rings. The van der Waals surface area contributed by atoms with Crippen LogP contribution in [0.15, 0.2) is 24.3 Å². The molecule has 0 fully saturated rings. The molecule has 0 radical (unpaired) electrons. The van der Waals surface area contributed by atoms with Crippen LogP contribution in [0.1, 0.15) is 387 Å². The summed E-state index contributed by atoms with van der Waals surface area (Å²) in [6, 6.07) is 0. The number of allylic oxidation sites excluding steroid dienone is 4. The van der Waals surface area contributed by atoms with E-state index in [4.69, 9.17) is 14.2 Å². The summed E-state index contributed by atoms with van der Waals surface area (Å²) in [4.78, 5) is 38.4. The van der Waals surface area contributed by atoms with E-state index in [1.54, 1.807) is 0 Å². The van der Waals surface area contributed by atoms with Crippen LogP contribution in [0.3, 0.4) is 0 Å². The SMILES string of the molecule is CCCCC/C=C\C/C=C\CCCCCCCCCC(=O)OC(COC(=O)CCCCCCCCCCCCCCCC)COC(=O)CCCCCCCCCCCCCCCCCCCCCCCCCCCCC. The predicted molar refractivity (Wildman–Crippen MR) is 330 cm³/mol. The number of carbonyl (C=O) groups excluding carboxylic acids is 3. The second-order valence-corrected chi connectivity index (χ2v) is 23.5. The monoisotopic (exact) mass is 1070 g/mol. The normalized spacial score (nSPS) is 12.1. The van der Waals surface area contributed by atoms with Crippen molar-refractivity contribution in [2.24, 2.45) is 0 Å². The fourth-order valence-corrected chi connectivity index (χ4v) is 10.5. The summed E-state index contributed by atoms with van der Waals surface area (Å²) in [5, 5.41) is 0. The summed E-state index contributed by atoms with van der Waals surface area (Å²) in [5.41, 5.74) is 0. The molecule has 6 nitrogen and oxygen atoms in total. The number of hydrogen-bond acceptors (Lipinski definition) is 6. The third-order valence-electron chi connectivity index (χ3n) is 15.7. The van der Waals surface area contributed by atoms with Crippen molar-refractivity contribution < 1.29 is 28.6 Å². The van der Waals surface area contributed by atoms with Gasteiger partial charge in [-0.3, -0.25) is 14.4 Å². The lowest BCUT2D eigenvalue weighted by molar-refractivity contribution is -0.167. The van der Waals surface area contributed by atoms with E-state index in [1.807, 2.05) is 0 Å². The lowest BCUT2D eigenvalue weighted by Crippen LogP contribution is -2.30. The van der Waals surface area contributed by atoms with Gasteiger partial charge in [0.15, 0.2) is 6.10 Å². The van der Waals surface area contributed by atoms with E-state index < -0.39 is 6.10 Å². The van der Waals surface area contributed by atoms with Gasteiger partial charge in [-0.25, -0.2) is 0 Å². The van der Waals surface area contributed by atoms with Crippen LogP contribution < -0.4 is 0 Å². The van der Waals surface area contributed by atoms with Crippen molar-refractivity contribution in [2.75, 3.05) is 13.2 Å². The highest BCUT2D eigenvalue weighted by molar-refractivity contribution is 5.71. The topological polar surface area (TPSA) is 78.9 Å². The Morgan fingerprint density at radius 2 is 0.474 bits per heavy atom. The Bertz CT molecular complexity index is 1230. The van der Waals surface area contributed by atoms with Gasteiger partial charge >= 0.3 is 17.9 Å². The Balaban J connectivity index is 4.20. The average molecular weight is 1070 g/mol. The second-order valence-electron chi connectivity index (χ2n) is 23.5. The number of hydrogen-bond donors (Lipinski definition) is 0. The van der Waals surface area contributed by atoms with Crippen LogP contribution in [0.4, 0.5) is 0 Å². The minimum absolute atomic E-state index is 0.0683. The first-order chi connectivity index (χ1) is 37.5. The van der Waals surface area contributed by atoms with Crippen molar-refractivity contribution in [2.45, 2.75) is 393 Å². The van der Waals surface area contributed by atoms with Crippen LogP contribution >= 0.6 is 0 Å². The lowest BCUT2D eigenvalue weighted by Gasteiger charge is -2.18. The molecule has 0 N–H and O–H groups in total. The maximum absolute atomic E-state index is 12.9. The van der Waals surface area contributed by atoms with Gasteiger partial charge in [-0.05, 0) is 51.4 Å². The molecule has 0 aromatic rings. The number of unbranched alkanes of at least 4 members (excludes halogenated alkanes) is 49. The lowest BCUT2D eigenvalue weighted by atomic mass is 10.0. The molecule has 6 heteroatoms. The maximum atomic E-state index is 12.9. The van der Waals surface area contributed by atoms with Gasteiger partial charge in [-0.15, -0.1) is 0 Å². The zero-order valence-corrected chi connectivity index (χ0v) is 51.6. The molecule has 0 aliphatic heterocycles. The van der Waals surface area contributed by atoms with Crippen LogP contribution in [0.5, 0.6) is 0 Å². The Morgan fingerprint density at radius 1 is 0.263 bits per heavy atom. The molecule has 0 aromatic heterocycles. The molecule has 0 saturated carbocycles. The number of esters is 3. The molecule has 0 bridgehead atoms. The largest absolute Gasteiger partial charge is 0.462 e. The van der Waals surface area contributed by atoms with E-state index in [0.29, 0.717) is 19.3 Å². The molecule has 1 atom stereocenters. The van der Waals surface area contributed by atoms with Gasteiger partial charge in [-0.2, -0.15) is 0 Å². The molecule has 0 aliphatic carbocycles. The number of ether oxygens (including phenoxy) is 3. The van der Waals surface area contributed by atoms with Crippen molar-refractivity contribution in [1.82, 2.24) is 0 Å². The van der Waals surface area contributed by atoms with Crippen molar-refractivity contribution in [3.63, 3.8) is 0 Å². The highest BCUT2D eigenvalue weighted by Gasteiger charge is 2.19. The molecule has 0 heterocycles. The first-order valence-electron chi connectivity index (χ1n) is 34.3. The minimum Gasteiger partial charge on any atom is -0.462 e. The number of carbonyl (C=O) groups is 3. The predicted octanol–water partition coefficient (Wildman–Crippen LogP) is 23.4. The van der Waals surface area contributed by atoms with Gasteiger partial charge in [0, 0.05) is 19.3 Å². The summed E-state index contributed by atoms with van der Waals surface area (Å²) in [7, 11) is 0. The van der Waals surface area contributed by atoms with Crippen LogP contribution in [0.2, 0.25) is 0 Å². The van der Waals surface area contributed by atoms with Gasteiger partial charge in [0.25, 0.3) is 0 Å². The fraction of sp³-hybridized carbons (Fsp3) is 0.900. The van der Waals surface area contributed by atoms with Crippen molar-refractivity contribution >= 4 is 17.9 Å². The number of rotatable bonds is 64. The summed E-state index contributed by atoms with van der Waals surface area (Å²) < 4.78 is 17.0. The first-order valence-corrected chi connectivity index (χ1v) is 34.3. The third-order valence-corrected chi connectivity index (χ3v) is 15.7. The van der Waals surface area contributed by atoms with Gasteiger partial charge < -0.3 is 14.2 Å². The first kappa shape index (κ1) is 73.9. The van der Waals surface area contributed by atoms with Gasteiger partial charge in [0.1, 0.15) is 13.2 Å². The highest BCUT2D eigenvalue weighted by atomic mass is 16.6. The Labute approximate surface area is 474 Å². The molecule has 0 saturated heterocycles. The smallest absolute Gasteiger partial charge is 0.306 e. The summed E-state index contributed by atoms with van der Waals surface area (Å²) >= 11 is 0. The molecule has 0 rings (SSSR count). The summed E-state index contributed by atoms with van der Waals surface area (Å²) in [6.45, 7) is 6.69. The Hall–Kier alpha value is -2.11. The maximum Gasteiger partial charge on any atom is 0.306 e. The minimum atomic E-state index is -0.772. The molecular formula is C70H132O6. The second kappa shape index (κ2) is 65.4. The van der Waals surface area contributed by atoms with E-state index in [9.17, 15) is 14.4 Å². The third kappa shape index (κ3) is 62.7. The zero-order chi connectivity index (χ0) is 55.0. The summed E-state index contributed by atoms with van der Waals surface area (Å²) in [6.07, 6.45) is 79.2. The van der Waals surface area contributed by atoms with Crippen molar-refractivity contribution in [3.8, 4) is 0 Å². The van der Waals surface area contributed by atoms with E-state index >= 15 is 0 Å². The molecule has 0 aromatic carbocycles. The fourth-order valence-electron chi connectivity index (χ4n) is 10.5.